The Labute approximate surface area is 134 Å². The number of hydrogen-bond donors (Lipinski definition) is 1. The highest BCUT2D eigenvalue weighted by Gasteiger charge is 1.97. The zero-order valence-corrected chi connectivity index (χ0v) is 13.7. The van der Waals surface area contributed by atoms with E-state index in [0.29, 0.717) is 0 Å². The summed E-state index contributed by atoms with van der Waals surface area (Å²) in [6.45, 7) is 4.37. The first kappa shape index (κ1) is 16.3. The Balaban J connectivity index is 1.88. The Morgan fingerprint density at radius 1 is 0.864 bits per heavy atom. The zero-order chi connectivity index (χ0) is 15.6. The summed E-state index contributed by atoms with van der Waals surface area (Å²) in [6, 6.07) is 18.5. The lowest BCUT2D eigenvalue weighted by Crippen LogP contribution is -1.91. The largest absolute Gasteiger partial charge is 0.356 e. The van der Waals surface area contributed by atoms with Crippen LogP contribution in [-0.2, 0) is 0 Å². The minimum atomic E-state index is 1.03. The molecule has 2 aromatic carbocycles. The molecule has 0 aliphatic rings. The van der Waals surface area contributed by atoms with Crippen molar-refractivity contribution < 1.29 is 0 Å². The quantitative estimate of drug-likeness (QED) is 0.436. The van der Waals surface area contributed by atoms with Gasteiger partial charge in [0.25, 0.3) is 0 Å². The van der Waals surface area contributed by atoms with E-state index in [1.54, 1.807) is 0 Å². The summed E-state index contributed by atoms with van der Waals surface area (Å²) in [5, 5.41) is 3.38. The summed E-state index contributed by atoms with van der Waals surface area (Å²) in [6.07, 6.45) is 6.27. The van der Waals surface area contributed by atoms with E-state index >= 15 is 0 Å². The molecule has 2 nitrogen and oxygen atoms in total. The number of nitrogens with one attached hydrogen (secondary N) is 1. The van der Waals surface area contributed by atoms with Crippen molar-refractivity contribution in [3.63, 3.8) is 0 Å². The third-order valence-corrected chi connectivity index (χ3v) is 3.64. The van der Waals surface area contributed by atoms with Gasteiger partial charge >= 0.3 is 0 Å². The highest BCUT2D eigenvalue weighted by atomic mass is 14.9. The van der Waals surface area contributed by atoms with E-state index < -0.39 is 0 Å². The van der Waals surface area contributed by atoms with Crippen molar-refractivity contribution in [1.29, 1.82) is 0 Å². The van der Waals surface area contributed by atoms with Crippen LogP contribution in [0, 0.1) is 0 Å². The molecule has 0 bridgehead atoms. The number of aliphatic imine (C=N–C) groups is 1. The minimum Gasteiger partial charge on any atom is -0.356 e. The van der Waals surface area contributed by atoms with Crippen LogP contribution >= 0.6 is 0 Å². The molecule has 0 heterocycles. The van der Waals surface area contributed by atoms with Crippen LogP contribution in [0.2, 0.25) is 0 Å². The highest BCUT2D eigenvalue weighted by molar-refractivity contribution is 5.84. The van der Waals surface area contributed by atoms with E-state index in [0.717, 1.165) is 23.5 Å². The summed E-state index contributed by atoms with van der Waals surface area (Å²) in [7, 11) is 0. The van der Waals surface area contributed by atoms with E-state index in [1.165, 1.54) is 31.4 Å². The van der Waals surface area contributed by atoms with Gasteiger partial charge in [0.1, 0.15) is 0 Å². The van der Waals surface area contributed by atoms with Gasteiger partial charge in [0.2, 0.25) is 0 Å². The molecule has 0 aliphatic heterocycles. The van der Waals surface area contributed by atoms with Crippen molar-refractivity contribution in [3.8, 4) is 0 Å². The maximum Gasteiger partial charge on any atom is 0.0630 e. The maximum absolute atomic E-state index is 4.69. The smallest absolute Gasteiger partial charge is 0.0630 e. The Morgan fingerprint density at radius 3 is 2.23 bits per heavy atom. The van der Waals surface area contributed by atoms with Crippen molar-refractivity contribution in [2.24, 2.45) is 4.99 Å². The Kier molecular flexibility index (Phi) is 6.69. The van der Waals surface area contributed by atoms with Crippen molar-refractivity contribution in [2.75, 3.05) is 5.32 Å². The molecule has 0 amide bonds. The molecule has 0 aliphatic carbocycles. The maximum atomic E-state index is 4.69. The van der Waals surface area contributed by atoms with Crippen LogP contribution < -0.4 is 5.32 Å². The van der Waals surface area contributed by atoms with Gasteiger partial charge in [-0.1, -0.05) is 44.4 Å². The number of rotatable bonds is 8. The average Bonchev–Trinajstić information content (AvgIpc) is 2.54. The predicted octanol–water partition coefficient (Wildman–Crippen LogP) is 6.49. The van der Waals surface area contributed by atoms with Gasteiger partial charge in [0, 0.05) is 17.1 Å². The normalized spacial score (nSPS) is 11.5. The van der Waals surface area contributed by atoms with Crippen LogP contribution in [0.3, 0.4) is 0 Å². The molecule has 0 radical (unpaired) electrons. The van der Waals surface area contributed by atoms with Gasteiger partial charge < -0.3 is 5.32 Å². The van der Waals surface area contributed by atoms with E-state index in [1.807, 2.05) is 18.2 Å². The number of hydrogen-bond acceptors (Lipinski definition) is 2. The van der Waals surface area contributed by atoms with Crippen molar-refractivity contribution in [1.82, 2.24) is 0 Å². The molecule has 0 aromatic heterocycles. The monoisotopic (exact) mass is 294 g/mol. The minimum absolute atomic E-state index is 1.03. The van der Waals surface area contributed by atoms with E-state index in [2.05, 4.69) is 55.6 Å². The van der Waals surface area contributed by atoms with E-state index in [4.69, 9.17) is 4.99 Å². The van der Waals surface area contributed by atoms with E-state index in [9.17, 15) is 0 Å². The molecule has 0 fully saturated rings. The zero-order valence-electron chi connectivity index (χ0n) is 13.7. The number of benzene rings is 2. The first-order valence-electron chi connectivity index (χ1n) is 8.24. The van der Waals surface area contributed by atoms with Crippen LogP contribution in [0.15, 0.2) is 59.6 Å². The number of nitrogens with zero attached hydrogens (tertiary/aromatic N) is 1. The second-order valence-corrected chi connectivity index (χ2v) is 5.70. The second kappa shape index (κ2) is 9.04. The summed E-state index contributed by atoms with van der Waals surface area (Å²) in [5.41, 5.74) is 4.45. The number of unbranched alkanes of at least 4 members (excludes halogenated alkanes) is 3. The van der Waals surface area contributed by atoms with Crippen molar-refractivity contribution in [3.05, 3.63) is 54.6 Å². The van der Waals surface area contributed by atoms with Crippen LogP contribution in [0.25, 0.3) is 0 Å². The standard InChI is InChI=1S/C20H26N2/c1-3-4-5-7-10-17(2)21-19-13-15-20(16-14-19)22-18-11-8-6-9-12-18/h6,8-9,11-16,22H,3-5,7,10H2,1-2H3. The van der Waals surface area contributed by atoms with Crippen LogP contribution in [0.4, 0.5) is 17.1 Å². The number of anilines is 2. The first-order valence-corrected chi connectivity index (χ1v) is 8.24. The van der Waals surface area contributed by atoms with Gasteiger partial charge in [-0.15, -0.1) is 0 Å². The lowest BCUT2D eigenvalue weighted by Gasteiger charge is -2.06. The third-order valence-electron chi connectivity index (χ3n) is 3.64. The van der Waals surface area contributed by atoms with Gasteiger partial charge in [0.05, 0.1) is 5.69 Å². The first-order chi connectivity index (χ1) is 10.8. The molecule has 0 saturated carbocycles. The highest BCUT2D eigenvalue weighted by Crippen LogP contribution is 2.20. The Morgan fingerprint density at radius 2 is 1.55 bits per heavy atom. The van der Waals surface area contributed by atoms with Gasteiger partial charge in [-0.25, -0.2) is 0 Å². The molecule has 22 heavy (non-hydrogen) atoms. The molecule has 2 aromatic rings. The molecular formula is C20H26N2. The fourth-order valence-corrected chi connectivity index (χ4v) is 2.39. The van der Waals surface area contributed by atoms with Gasteiger partial charge in [0.15, 0.2) is 0 Å². The van der Waals surface area contributed by atoms with Crippen LogP contribution in [0.5, 0.6) is 0 Å². The second-order valence-electron chi connectivity index (χ2n) is 5.70. The Hall–Kier alpha value is -2.09. The molecule has 2 heteroatoms. The fourth-order valence-electron chi connectivity index (χ4n) is 2.39. The van der Waals surface area contributed by atoms with Gasteiger partial charge in [-0.2, -0.15) is 0 Å². The third kappa shape index (κ3) is 5.72. The lowest BCUT2D eigenvalue weighted by atomic mass is 10.1. The van der Waals surface area contributed by atoms with Gasteiger partial charge in [-0.05, 0) is 56.2 Å². The fraction of sp³-hybridized carbons (Fsp3) is 0.350. The topological polar surface area (TPSA) is 24.4 Å². The Bertz CT molecular complexity index is 570. The summed E-state index contributed by atoms with van der Waals surface area (Å²) >= 11 is 0. The van der Waals surface area contributed by atoms with E-state index in [-0.39, 0.29) is 0 Å². The van der Waals surface area contributed by atoms with Crippen molar-refractivity contribution >= 4 is 22.8 Å². The molecule has 0 saturated heterocycles. The molecular weight excluding hydrogens is 268 g/mol. The van der Waals surface area contributed by atoms with Gasteiger partial charge in [-0.3, -0.25) is 4.99 Å². The molecule has 0 atom stereocenters. The van der Waals surface area contributed by atoms with Crippen LogP contribution in [-0.4, -0.2) is 5.71 Å². The molecule has 0 unspecified atom stereocenters. The molecule has 2 rings (SSSR count). The summed E-state index contributed by atoms with van der Waals surface area (Å²) < 4.78 is 0. The van der Waals surface area contributed by atoms with Crippen LogP contribution in [0.1, 0.15) is 46.0 Å². The molecule has 0 spiro atoms. The predicted molar refractivity (Wildman–Crippen MR) is 97.7 cm³/mol. The van der Waals surface area contributed by atoms with Crippen molar-refractivity contribution in [2.45, 2.75) is 46.0 Å². The lowest BCUT2D eigenvalue weighted by molar-refractivity contribution is 0.682. The molecule has 1 N–H and O–H groups in total. The summed E-state index contributed by atoms with van der Waals surface area (Å²) in [5.74, 6) is 0. The molecule has 116 valence electrons. The summed E-state index contributed by atoms with van der Waals surface area (Å²) in [4.78, 5) is 4.69. The SMILES string of the molecule is CCCCCCC(C)=Nc1ccc(Nc2ccccc2)cc1. The number of para-hydroxylation sites is 1. The average molecular weight is 294 g/mol.